The van der Waals surface area contributed by atoms with E-state index in [1.54, 1.807) is 12.4 Å². The van der Waals surface area contributed by atoms with Crippen molar-refractivity contribution in [3.8, 4) is 11.5 Å². The molecule has 0 unspecified atom stereocenters. The maximum atomic E-state index is 5.88. The molecular weight excluding hydrogens is 288 g/mol. The molecule has 0 radical (unpaired) electrons. The number of aromatic nitrogens is 1. The van der Waals surface area contributed by atoms with E-state index in [4.69, 9.17) is 9.47 Å². The average molecular weight is 312 g/mol. The van der Waals surface area contributed by atoms with Crippen LogP contribution >= 0.6 is 0 Å². The van der Waals surface area contributed by atoms with Crippen molar-refractivity contribution in [1.29, 1.82) is 0 Å². The van der Waals surface area contributed by atoms with Gasteiger partial charge in [-0.05, 0) is 55.6 Å². The molecule has 4 nitrogen and oxygen atoms in total. The topological polar surface area (TPSA) is 34.6 Å². The van der Waals surface area contributed by atoms with Gasteiger partial charge in [-0.25, -0.2) is 0 Å². The molecule has 1 aliphatic rings. The third kappa shape index (κ3) is 4.53. The quantitative estimate of drug-likeness (QED) is 0.815. The van der Waals surface area contributed by atoms with Crippen molar-refractivity contribution in [2.75, 3.05) is 26.8 Å². The fourth-order valence-electron chi connectivity index (χ4n) is 3.00. The van der Waals surface area contributed by atoms with Gasteiger partial charge in [0.1, 0.15) is 11.5 Å². The van der Waals surface area contributed by atoms with Gasteiger partial charge >= 0.3 is 0 Å². The molecule has 2 aromatic rings. The maximum absolute atomic E-state index is 5.88. The van der Waals surface area contributed by atoms with E-state index in [1.165, 1.54) is 12.0 Å². The number of hydrogen-bond acceptors (Lipinski definition) is 4. The fraction of sp³-hybridized carbons (Fsp3) is 0.421. The number of nitrogens with zero attached hydrogens (tertiary/aromatic N) is 2. The first kappa shape index (κ1) is 16.0. The van der Waals surface area contributed by atoms with Crippen LogP contribution in [0.25, 0.3) is 0 Å². The standard InChI is InChI=1S/C19H24N2O2/c1-15-10-16(12-21(2)13-17-7-9-22-14-17)5-6-19(15)23-18-4-3-8-20-11-18/h3-6,8,10-11,17H,7,9,12-14H2,1-2H3/t17-/m0/s1. The van der Waals surface area contributed by atoms with Gasteiger partial charge in [0, 0.05) is 25.9 Å². The molecule has 4 heteroatoms. The van der Waals surface area contributed by atoms with Gasteiger partial charge in [-0.3, -0.25) is 4.98 Å². The SMILES string of the molecule is Cc1cc(CN(C)C[C@@H]2CCOC2)ccc1Oc1cccnc1. The number of ether oxygens (including phenoxy) is 2. The molecule has 1 aromatic carbocycles. The zero-order chi connectivity index (χ0) is 16.1. The molecule has 0 N–H and O–H groups in total. The summed E-state index contributed by atoms with van der Waals surface area (Å²) in [6.07, 6.45) is 4.65. The van der Waals surface area contributed by atoms with Crippen molar-refractivity contribution in [1.82, 2.24) is 9.88 Å². The van der Waals surface area contributed by atoms with Crippen LogP contribution in [0, 0.1) is 12.8 Å². The Morgan fingerprint density at radius 1 is 1.35 bits per heavy atom. The Morgan fingerprint density at radius 2 is 2.26 bits per heavy atom. The van der Waals surface area contributed by atoms with Gasteiger partial charge in [0.2, 0.25) is 0 Å². The molecule has 1 atom stereocenters. The molecule has 1 saturated heterocycles. The first-order valence-electron chi connectivity index (χ1n) is 8.14. The van der Waals surface area contributed by atoms with E-state index in [1.807, 2.05) is 18.2 Å². The first-order chi connectivity index (χ1) is 11.2. The third-order valence-corrected chi connectivity index (χ3v) is 4.15. The molecule has 3 rings (SSSR count). The van der Waals surface area contributed by atoms with Crippen molar-refractivity contribution in [3.05, 3.63) is 53.9 Å². The Morgan fingerprint density at radius 3 is 2.96 bits per heavy atom. The lowest BCUT2D eigenvalue weighted by Gasteiger charge is -2.20. The summed E-state index contributed by atoms with van der Waals surface area (Å²) < 4.78 is 11.3. The van der Waals surface area contributed by atoms with Crippen LogP contribution in [0.1, 0.15) is 17.5 Å². The first-order valence-corrected chi connectivity index (χ1v) is 8.14. The highest BCUT2D eigenvalue weighted by molar-refractivity contribution is 5.39. The van der Waals surface area contributed by atoms with Crippen LogP contribution < -0.4 is 4.74 Å². The number of pyridine rings is 1. The van der Waals surface area contributed by atoms with Gasteiger partial charge < -0.3 is 14.4 Å². The van der Waals surface area contributed by atoms with E-state index in [2.05, 4.69) is 36.0 Å². The van der Waals surface area contributed by atoms with E-state index in [0.717, 1.165) is 43.4 Å². The van der Waals surface area contributed by atoms with Gasteiger partial charge in [-0.2, -0.15) is 0 Å². The second-order valence-electron chi connectivity index (χ2n) is 6.32. The lowest BCUT2D eigenvalue weighted by atomic mass is 10.1. The van der Waals surface area contributed by atoms with Crippen molar-refractivity contribution in [2.45, 2.75) is 19.9 Å². The maximum Gasteiger partial charge on any atom is 0.145 e. The Labute approximate surface area is 138 Å². The minimum absolute atomic E-state index is 0.675. The van der Waals surface area contributed by atoms with Crippen molar-refractivity contribution >= 4 is 0 Å². The van der Waals surface area contributed by atoms with Gasteiger partial charge in [0.05, 0.1) is 12.8 Å². The normalized spacial score (nSPS) is 17.6. The lowest BCUT2D eigenvalue weighted by Crippen LogP contribution is -2.25. The van der Waals surface area contributed by atoms with Crippen molar-refractivity contribution < 1.29 is 9.47 Å². The Hall–Kier alpha value is -1.91. The monoisotopic (exact) mass is 312 g/mol. The van der Waals surface area contributed by atoms with Gasteiger partial charge in [-0.15, -0.1) is 0 Å². The Balaban J connectivity index is 1.59. The van der Waals surface area contributed by atoms with E-state index in [-0.39, 0.29) is 0 Å². The van der Waals surface area contributed by atoms with Crippen LogP contribution in [0.5, 0.6) is 11.5 Å². The minimum atomic E-state index is 0.675. The Kier molecular flexibility index (Phi) is 5.26. The molecule has 1 aliphatic heterocycles. The number of rotatable bonds is 6. The zero-order valence-corrected chi connectivity index (χ0v) is 13.9. The molecule has 1 aromatic heterocycles. The number of aryl methyl sites for hydroxylation is 1. The molecule has 0 spiro atoms. The lowest BCUT2D eigenvalue weighted by molar-refractivity contribution is 0.173. The van der Waals surface area contributed by atoms with Crippen LogP contribution in [0.4, 0.5) is 0 Å². The molecule has 2 heterocycles. The predicted molar refractivity (Wildman–Crippen MR) is 90.8 cm³/mol. The molecule has 0 aliphatic carbocycles. The molecule has 0 amide bonds. The van der Waals surface area contributed by atoms with Crippen molar-refractivity contribution in [2.24, 2.45) is 5.92 Å². The van der Waals surface area contributed by atoms with Crippen LogP contribution in [0.2, 0.25) is 0 Å². The summed E-state index contributed by atoms with van der Waals surface area (Å²) in [4.78, 5) is 6.45. The second-order valence-corrected chi connectivity index (χ2v) is 6.32. The number of benzene rings is 1. The molecule has 1 fully saturated rings. The van der Waals surface area contributed by atoms with E-state index in [0.29, 0.717) is 5.92 Å². The number of hydrogen-bond donors (Lipinski definition) is 0. The smallest absolute Gasteiger partial charge is 0.145 e. The summed E-state index contributed by atoms with van der Waals surface area (Å²) in [5.74, 6) is 2.32. The molecule has 23 heavy (non-hydrogen) atoms. The molecule has 0 saturated carbocycles. The van der Waals surface area contributed by atoms with Gasteiger partial charge in [0.15, 0.2) is 0 Å². The molecule has 122 valence electrons. The van der Waals surface area contributed by atoms with Crippen LogP contribution in [-0.2, 0) is 11.3 Å². The van der Waals surface area contributed by atoms with E-state index < -0.39 is 0 Å². The summed E-state index contributed by atoms with van der Waals surface area (Å²) in [6, 6.07) is 10.2. The zero-order valence-electron chi connectivity index (χ0n) is 13.9. The van der Waals surface area contributed by atoms with Crippen molar-refractivity contribution in [3.63, 3.8) is 0 Å². The second kappa shape index (κ2) is 7.57. The predicted octanol–water partition coefficient (Wildman–Crippen LogP) is 3.65. The fourth-order valence-corrected chi connectivity index (χ4v) is 3.00. The minimum Gasteiger partial charge on any atom is -0.455 e. The summed E-state index contributed by atoms with van der Waals surface area (Å²) in [5.41, 5.74) is 2.45. The summed E-state index contributed by atoms with van der Waals surface area (Å²) in [7, 11) is 2.17. The summed E-state index contributed by atoms with van der Waals surface area (Å²) >= 11 is 0. The summed E-state index contributed by atoms with van der Waals surface area (Å²) in [5, 5.41) is 0. The highest BCUT2D eigenvalue weighted by Crippen LogP contribution is 2.25. The highest BCUT2D eigenvalue weighted by atomic mass is 16.5. The highest BCUT2D eigenvalue weighted by Gasteiger charge is 2.17. The average Bonchev–Trinajstić information content (AvgIpc) is 3.04. The van der Waals surface area contributed by atoms with Crippen LogP contribution in [0.15, 0.2) is 42.7 Å². The van der Waals surface area contributed by atoms with Gasteiger partial charge in [-0.1, -0.05) is 12.1 Å². The Bertz CT molecular complexity index is 625. The van der Waals surface area contributed by atoms with Gasteiger partial charge in [0.25, 0.3) is 0 Å². The molecular formula is C19H24N2O2. The molecule has 0 bridgehead atoms. The largest absolute Gasteiger partial charge is 0.455 e. The van der Waals surface area contributed by atoms with Crippen LogP contribution in [-0.4, -0.2) is 36.7 Å². The van der Waals surface area contributed by atoms with Crippen LogP contribution in [0.3, 0.4) is 0 Å². The van der Waals surface area contributed by atoms with E-state index >= 15 is 0 Å². The third-order valence-electron chi connectivity index (χ3n) is 4.15. The van der Waals surface area contributed by atoms with E-state index in [9.17, 15) is 0 Å². The summed E-state index contributed by atoms with van der Waals surface area (Å²) in [6.45, 7) is 5.94.